The van der Waals surface area contributed by atoms with Gasteiger partial charge in [0.15, 0.2) is 0 Å². The quantitative estimate of drug-likeness (QED) is 0.655. The number of hydrogen-bond donors (Lipinski definition) is 2. The lowest BCUT2D eigenvalue weighted by atomic mass is 10.1. The van der Waals surface area contributed by atoms with Crippen LogP contribution < -0.4 is 5.73 Å². The molecule has 3 N–H and O–H groups in total. The molecule has 1 heterocycles. The number of carboxylic acids is 1. The Morgan fingerprint density at radius 2 is 2.46 bits per heavy atom. The molecule has 0 bridgehead atoms. The van der Waals surface area contributed by atoms with Crippen molar-refractivity contribution >= 4 is 5.97 Å². The van der Waals surface area contributed by atoms with Crippen LogP contribution in [0.1, 0.15) is 19.8 Å². The molecule has 76 valence electrons. The SMILES string of the molecule is CC1CCN(C(CCN)C(=O)O)C1. The molecule has 0 radical (unpaired) electrons. The molecule has 0 aliphatic carbocycles. The van der Waals surface area contributed by atoms with E-state index < -0.39 is 5.97 Å². The Balaban J connectivity index is 2.49. The Labute approximate surface area is 78.7 Å². The van der Waals surface area contributed by atoms with E-state index in [1.807, 2.05) is 4.90 Å². The van der Waals surface area contributed by atoms with E-state index >= 15 is 0 Å². The Morgan fingerprint density at radius 1 is 1.77 bits per heavy atom. The van der Waals surface area contributed by atoms with Gasteiger partial charge in [0.25, 0.3) is 0 Å². The van der Waals surface area contributed by atoms with Crippen molar-refractivity contribution in [2.24, 2.45) is 11.7 Å². The normalized spacial score (nSPS) is 26.2. The minimum absolute atomic E-state index is 0.366. The lowest BCUT2D eigenvalue weighted by molar-refractivity contribution is -0.143. The van der Waals surface area contributed by atoms with Gasteiger partial charge in [-0.05, 0) is 31.8 Å². The van der Waals surface area contributed by atoms with Crippen LogP contribution in [0.15, 0.2) is 0 Å². The highest BCUT2D eigenvalue weighted by molar-refractivity contribution is 5.73. The average Bonchev–Trinajstić information content (AvgIpc) is 2.46. The number of carbonyl (C=O) groups is 1. The zero-order chi connectivity index (χ0) is 9.84. The fraction of sp³-hybridized carbons (Fsp3) is 0.889. The Morgan fingerprint density at radius 3 is 2.85 bits per heavy atom. The molecule has 4 heteroatoms. The van der Waals surface area contributed by atoms with Crippen molar-refractivity contribution in [3.8, 4) is 0 Å². The predicted octanol–water partition coefficient (Wildman–Crippen LogP) is 0.130. The molecule has 2 unspecified atom stereocenters. The highest BCUT2D eigenvalue weighted by Gasteiger charge is 2.29. The largest absolute Gasteiger partial charge is 0.480 e. The predicted molar refractivity (Wildman–Crippen MR) is 50.4 cm³/mol. The summed E-state index contributed by atoms with van der Waals surface area (Å²) in [7, 11) is 0. The van der Waals surface area contributed by atoms with E-state index in [-0.39, 0.29) is 6.04 Å². The maximum Gasteiger partial charge on any atom is 0.320 e. The van der Waals surface area contributed by atoms with Crippen molar-refractivity contribution in [2.45, 2.75) is 25.8 Å². The molecule has 0 spiro atoms. The molecule has 0 amide bonds. The molecular weight excluding hydrogens is 168 g/mol. The van der Waals surface area contributed by atoms with Crippen LogP contribution in [0, 0.1) is 5.92 Å². The van der Waals surface area contributed by atoms with Gasteiger partial charge in [-0.15, -0.1) is 0 Å². The van der Waals surface area contributed by atoms with Crippen LogP contribution in [0.2, 0.25) is 0 Å². The summed E-state index contributed by atoms with van der Waals surface area (Å²) in [5, 5.41) is 8.95. The van der Waals surface area contributed by atoms with Gasteiger partial charge in [-0.3, -0.25) is 9.69 Å². The number of rotatable bonds is 4. The first-order valence-corrected chi connectivity index (χ1v) is 4.82. The molecule has 13 heavy (non-hydrogen) atoms. The molecule has 0 saturated carbocycles. The van der Waals surface area contributed by atoms with Crippen LogP contribution in [-0.4, -0.2) is 41.7 Å². The smallest absolute Gasteiger partial charge is 0.320 e. The van der Waals surface area contributed by atoms with Gasteiger partial charge in [0.1, 0.15) is 6.04 Å². The Hall–Kier alpha value is -0.610. The van der Waals surface area contributed by atoms with Crippen LogP contribution in [0.5, 0.6) is 0 Å². The summed E-state index contributed by atoms with van der Waals surface area (Å²) >= 11 is 0. The second-order valence-electron chi connectivity index (χ2n) is 3.82. The lowest BCUT2D eigenvalue weighted by Gasteiger charge is -2.23. The third-order valence-corrected chi connectivity index (χ3v) is 2.62. The molecule has 1 aliphatic rings. The minimum Gasteiger partial charge on any atom is -0.480 e. The molecule has 0 aromatic heterocycles. The van der Waals surface area contributed by atoms with E-state index in [9.17, 15) is 4.79 Å². The average molecular weight is 186 g/mol. The van der Waals surface area contributed by atoms with Gasteiger partial charge < -0.3 is 10.8 Å². The van der Waals surface area contributed by atoms with Crippen molar-refractivity contribution in [1.82, 2.24) is 4.90 Å². The molecule has 0 aromatic carbocycles. The molecule has 1 aliphatic heterocycles. The first-order valence-electron chi connectivity index (χ1n) is 4.82. The highest BCUT2D eigenvalue weighted by atomic mass is 16.4. The monoisotopic (exact) mass is 186 g/mol. The maximum atomic E-state index is 10.9. The van der Waals surface area contributed by atoms with Gasteiger partial charge in [-0.2, -0.15) is 0 Å². The fourth-order valence-corrected chi connectivity index (χ4v) is 1.87. The van der Waals surface area contributed by atoms with E-state index in [0.717, 1.165) is 19.5 Å². The molecule has 2 atom stereocenters. The molecule has 1 fully saturated rings. The number of carboxylic acid groups (broad SMARTS) is 1. The number of nitrogens with two attached hydrogens (primary N) is 1. The summed E-state index contributed by atoms with van der Waals surface area (Å²) in [6.07, 6.45) is 1.66. The van der Waals surface area contributed by atoms with Crippen molar-refractivity contribution in [3.63, 3.8) is 0 Å². The first-order chi connectivity index (χ1) is 6.15. The number of aliphatic carboxylic acids is 1. The summed E-state index contributed by atoms with van der Waals surface area (Å²) in [6, 6.07) is -0.366. The Bertz CT molecular complexity index is 184. The van der Waals surface area contributed by atoms with E-state index in [1.54, 1.807) is 0 Å². The zero-order valence-corrected chi connectivity index (χ0v) is 8.07. The third-order valence-electron chi connectivity index (χ3n) is 2.62. The summed E-state index contributed by atoms with van der Waals surface area (Å²) in [6.45, 7) is 4.40. The molecule has 1 saturated heterocycles. The second kappa shape index (κ2) is 4.58. The van der Waals surface area contributed by atoms with Crippen molar-refractivity contribution in [1.29, 1.82) is 0 Å². The molecule has 0 aromatic rings. The first kappa shape index (κ1) is 10.5. The maximum absolute atomic E-state index is 10.9. The number of hydrogen-bond acceptors (Lipinski definition) is 3. The van der Waals surface area contributed by atoms with Crippen molar-refractivity contribution in [3.05, 3.63) is 0 Å². The zero-order valence-electron chi connectivity index (χ0n) is 8.07. The second-order valence-corrected chi connectivity index (χ2v) is 3.82. The van der Waals surface area contributed by atoms with Gasteiger partial charge in [0.2, 0.25) is 0 Å². The Kier molecular flexibility index (Phi) is 3.69. The van der Waals surface area contributed by atoms with Crippen LogP contribution in [0.3, 0.4) is 0 Å². The summed E-state index contributed by atoms with van der Waals surface area (Å²) in [5.41, 5.74) is 5.38. The van der Waals surface area contributed by atoms with Crippen LogP contribution in [0.25, 0.3) is 0 Å². The molecular formula is C9H18N2O2. The minimum atomic E-state index is -0.737. The molecule has 4 nitrogen and oxygen atoms in total. The topological polar surface area (TPSA) is 66.6 Å². The van der Waals surface area contributed by atoms with E-state index in [1.165, 1.54) is 0 Å². The van der Waals surface area contributed by atoms with Gasteiger partial charge in [0.05, 0.1) is 0 Å². The number of likely N-dealkylation sites (tertiary alicyclic amines) is 1. The van der Waals surface area contributed by atoms with Crippen LogP contribution >= 0.6 is 0 Å². The van der Waals surface area contributed by atoms with E-state index in [2.05, 4.69) is 6.92 Å². The molecule has 1 rings (SSSR count). The van der Waals surface area contributed by atoms with E-state index in [0.29, 0.717) is 18.9 Å². The highest BCUT2D eigenvalue weighted by Crippen LogP contribution is 2.19. The number of nitrogens with zero attached hydrogens (tertiary/aromatic N) is 1. The van der Waals surface area contributed by atoms with Gasteiger partial charge in [0, 0.05) is 6.54 Å². The van der Waals surface area contributed by atoms with E-state index in [4.69, 9.17) is 10.8 Å². The standard InChI is InChI=1S/C9H18N2O2/c1-7-3-5-11(6-7)8(2-4-10)9(12)13/h7-8H,2-6,10H2,1H3,(H,12,13). The van der Waals surface area contributed by atoms with Gasteiger partial charge >= 0.3 is 5.97 Å². The lowest BCUT2D eigenvalue weighted by Crippen LogP contribution is -2.41. The summed E-state index contributed by atoms with van der Waals surface area (Å²) in [4.78, 5) is 12.9. The van der Waals surface area contributed by atoms with Crippen molar-refractivity contribution in [2.75, 3.05) is 19.6 Å². The third kappa shape index (κ3) is 2.67. The van der Waals surface area contributed by atoms with Gasteiger partial charge in [-0.25, -0.2) is 0 Å². The van der Waals surface area contributed by atoms with Crippen molar-refractivity contribution < 1.29 is 9.90 Å². The summed E-state index contributed by atoms with van der Waals surface area (Å²) < 4.78 is 0. The fourth-order valence-electron chi connectivity index (χ4n) is 1.87. The van der Waals surface area contributed by atoms with Gasteiger partial charge in [-0.1, -0.05) is 6.92 Å². The summed E-state index contributed by atoms with van der Waals surface area (Å²) in [5.74, 6) is -0.112. The van der Waals surface area contributed by atoms with Crippen LogP contribution in [-0.2, 0) is 4.79 Å². The van der Waals surface area contributed by atoms with Crippen LogP contribution in [0.4, 0.5) is 0 Å².